The Morgan fingerprint density at radius 3 is 2.40 bits per heavy atom. The Hall–Kier alpha value is -1.85. The van der Waals surface area contributed by atoms with E-state index in [9.17, 15) is 18.0 Å². The fraction of sp³-hybridized carbons (Fsp3) is 0.111. The Bertz CT molecular complexity index is 412. The number of rotatable bonds is 2. The number of nitrogens with two attached hydrogens (primary N) is 1. The molecule has 1 rings (SSSR count). The van der Waals surface area contributed by atoms with Crippen LogP contribution in [-0.2, 0) is 0 Å². The van der Waals surface area contributed by atoms with Crippen LogP contribution in [0.2, 0.25) is 0 Å². The summed E-state index contributed by atoms with van der Waals surface area (Å²) in [5.41, 5.74) is 3.29. The third-order valence-electron chi connectivity index (χ3n) is 1.76. The van der Waals surface area contributed by atoms with E-state index in [1.165, 1.54) is 6.07 Å². The summed E-state index contributed by atoms with van der Waals surface area (Å²) in [7, 11) is 0. The standard InChI is InChI=1S/C9H7F3N2O/c10-9(11,12)8(14)6-2-1-5(4-15)3-7(6)13/h1-4,14H,13H2. The number of nitrogen functional groups attached to an aromatic ring is 1. The van der Waals surface area contributed by atoms with Gasteiger partial charge in [0.05, 0.1) is 0 Å². The van der Waals surface area contributed by atoms with Crippen LogP contribution in [0, 0.1) is 5.41 Å². The molecule has 0 aliphatic carbocycles. The summed E-state index contributed by atoms with van der Waals surface area (Å²) in [6.07, 6.45) is -4.27. The van der Waals surface area contributed by atoms with Crippen LogP contribution in [-0.4, -0.2) is 18.2 Å². The van der Waals surface area contributed by atoms with Crippen molar-refractivity contribution < 1.29 is 18.0 Å². The monoisotopic (exact) mass is 216 g/mol. The maximum Gasteiger partial charge on any atom is 0.433 e. The minimum atomic E-state index is -4.74. The predicted octanol–water partition coefficient (Wildman–Crippen LogP) is 2.01. The molecule has 0 aliphatic rings. The van der Waals surface area contributed by atoms with Crippen LogP contribution >= 0.6 is 0 Å². The van der Waals surface area contributed by atoms with E-state index in [1.54, 1.807) is 0 Å². The van der Waals surface area contributed by atoms with E-state index in [0.29, 0.717) is 6.29 Å². The van der Waals surface area contributed by atoms with Gasteiger partial charge >= 0.3 is 6.18 Å². The molecule has 0 unspecified atom stereocenters. The Balaban J connectivity index is 3.17. The number of carbonyl (C=O) groups excluding carboxylic acids is 1. The van der Waals surface area contributed by atoms with E-state index < -0.39 is 17.5 Å². The van der Waals surface area contributed by atoms with Crippen molar-refractivity contribution in [3.8, 4) is 0 Å². The number of anilines is 1. The summed E-state index contributed by atoms with van der Waals surface area (Å²) in [4.78, 5) is 10.3. The molecule has 80 valence electrons. The van der Waals surface area contributed by atoms with Gasteiger partial charge in [-0.2, -0.15) is 13.2 Å². The van der Waals surface area contributed by atoms with Crippen molar-refractivity contribution in [2.24, 2.45) is 0 Å². The molecule has 0 fully saturated rings. The second-order valence-electron chi connectivity index (χ2n) is 2.84. The molecule has 1 aromatic carbocycles. The molecule has 0 spiro atoms. The van der Waals surface area contributed by atoms with E-state index in [-0.39, 0.29) is 11.3 Å². The quantitative estimate of drug-likeness (QED) is 0.451. The highest BCUT2D eigenvalue weighted by Crippen LogP contribution is 2.25. The summed E-state index contributed by atoms with van der Waals surface area (Å²) in [5.74, 6) is 0. The van der Waals surface area contributed by atoms with E-state index >= 15 is 0 Å². The Morgan fingerprint density at radius 2 is 2.00 bits per heavy atom. The first-order chi connectivity index (χ1) is 6.86. The molecule has 0 atom stereocenters. The number of alkyl halides is 3. The van der Waals surface area contributed by atoms with Crippen molar-refractivity contribution in [2.75, 3.05) is 5.73 Å². The minimum Gasteiger partial charge on any atom is -0.398 e. The summed E-state index contributed by atoms with van der Waals surface area (Å²) < 4.78 is 36.4. The molecule has 15 heavy (non-hydrogen) atoms. The summed E-state index contributed by atoms with van der Waals surface area (Å²) in [6.45, 7) is 0. The molecule has 0 amide bonds. The van der Waals surface area contributed by atoms with Crippen LogP contribution < -0.4 is 5.73 Å². The number of aldehydes is 1. The molecule has 0 aromatic heterocycles. The van der Waals surface area contributed by atoms with Crippen LogP contribution in [0.15, 0.2) is 18.2 Å². The fourth-order valence-electron chi connectivity index (χ4n) is 1.03. The first-order valence-corrected chi connectivity index (χ1v) is 3.87. The third-order valence-corrected chi connectivity index (χ3v) is 1.76. The Kier molecular flexibility index (Phi) is 2.78. The van der Waals surface area contributed by atoms with Crippen LogP contribution in [0.4, 0.5) is 18.9 Å². The first-order valence-electron chi connectivity index (χ1n) is 3.87. The molecule has 6 heteroatoms. The SMILES string of the molecule is N=C(c1ccc(C=O)cc1N)C(F)(F)F. The van der Waals surface area contributed by atoms with Crippen LogP contribution in [0.3, 0.4) is 0 Å². The number of hydrogen-bond donors (Lipinski definition) is 2. The van der Waals surface area contributed by atoms with Gasteiger partial charge in [0.15, 0.2) is 0 Å². The van der Waals surface area contributed by atoms with Gasteiger partial charge in [-0.25, -0.2) is 0 Å². The van der Waals surface area contributed by atoms with Gasteiger partial charge in [0.1, 0.15) is 12.0 Å². The topological polar surface area (TPSA) is 66.9 Å². The Morgan fingerprint density at radius 1 is 1.40 bits per heavy atom. The van der Waals surface area contributed by atoms with Crippen molar-refractivity contribution in [3.05, 3.63) is 29.3 Å². The highest BCUT2D eigenvalue weighted by Gasteiger charge is 2.36. The van der Waals surface area contributed by atoms with Crippen molar-refractivity contribution in [1.82, 2.24) is 0 Å². The lowest BCUT2D eigenvalue weighted by Gasteiger charge is -2.10. The average Bonchev–Trinajstić information content (AvgIpc) is 2.15. The van der Waals surface area contributed by atoms with Gasteiger partial charge in [0.2, 0.25) is 0 Å². The first kappa shape index (κ1) is 11.2. The predicted molar refractivity (Wildman–Crippen MR) is 49.1 cm³/mol. The van der Waals surface area contributed by atoms with E-state index in [0.717, 1.165) is 12.1 Å². The molecule has 0 aliphatic heterocycles. The normalized spacial score (nSPS) is 11.1. The van der Waals surface area contributed by atoms with Gasteiger partial charge in [-0.05, 0) is 6.07 Å². The number of hydrogen-bond acceptors (Lipinski definition) is 3. The maximum absolute atomic E-state index is 12.1. The van der Waals surface area contributed by atoms with E-state index in [4.69, 9.17) is 11.1 Å². The molecule has 1 aromatic rings. The van der Waals surface area contributed by atoms with Gasteiger partial charge in [-0.3, -0.25) is 10.2 Å². The number of halogens is 3. The van der Waals surface area contributed by atoms with Gasteiger partial charge in [-0.15, -0.1) is 0 Å². The lowest BCUT2D eigenvalue weighted by atomic mass is 10.1. The summed E-state index contributed by atoms with van der Waals surface area (Å²) in [6, 6.07) is 3.29. The van der Waals surface area contributed by atoms with Crippen molar-refractivity contribution in [1.29, 1.82) is 5.41 Å². The molecule has 0 saturated heterocycles. The van der Waals surface area contributed by atoms with E-state index in [2.05, 4.69) is 0 Å². The fourth-order valence-corrected chi connectivity index (χ4v) is 1.03. The van der Waals surface area contributed by atoms with Gasteiger partial charge in [-0.1, -0.05) is 12.1 Å². The number of carbonyl (C=O) groups is 1. The maximum atomic E-state index is 12.1. The highest BCUT2D eigenvalue weighted by atomic mass is 19.4. The van der Waals surface area contributed by atoms with Crippen LogP contribution in [0.5, 0.6) is 0 Å². The zero-order valence-corrected chi connectivity index (χ0v) is 7.43. The van der Waals surface area contributed by atoms with Crippen molar-refractivity contribution in [3.63, 3.8) is 0 Å². The Labute approximate surface area is 83.2 Å². The lowest BCUT2D eigenvalue weighted by Crippen LogP contribution is -2.23. The molecule has 3 N–H and O–H groups in total. The zero-order chi connectivity index (χ0) is 11.6. The van der Waals surface area contributed by atoms with E-state index in [1.807, 2.05) is 0 Å². The number of benzene rings is 1. The van der Waals surface area contributed by atoms with Gasteiger partial charge < -0.3 is 5.73 Å². The molecular weight excluding hydrogens is 209 g/mol. The second kappa shape index (κ2) is 3.72. The molecule has 0 bridgehead atoms. The number of nitrogens with one attached hydrogen (secondary N) is 1. The van der Waals surface area contributed by atoms with Gasteiger partial charge in [0, 0.05) is 16.8 Å². The molecule has 0 radical (unpaired) electrons. The van der Waals surface area contributed by atoms with Crippen molar-refractivity contribution in [2.45, 2.75) is 6.18 Å². The van der Waals surface area contributed by atoms with Gasteiger partial charge in [0.25, 0.3) is 0 Å². The average molecular weight is 216 g/mol. The van der Waals surface area contributed by atoms with Crippen LogP contribution in [0.25, 0.3) is 0 Å². The van der Waals surface area contributed by atoms with Crippen molar-refractivity contribution >= 4 is 17.7 Å². The second-order valence-corrected chi connectivity index (χ2v) is 2.84. The largest absolute Gasteiger partial charge is 0.433 e. The third kappa shape index (κ3) is 2.34. The summed E-state index contributed by atoms with van der Waals surface area (Å²) >= 11 is 0. The molecule has 0 heterocycles. The van der Waals surface area contributed by atoms with Crippen LogP contribution in [0.1, 0.15) is 15.9 Å². The molecular formula is C9H7F3N2O. The lowest BCUT2D eigenvalue weighted by molar-refractivity contribution is -0.0587. The zero-order valence-electron chi connectivity index (χ0n) is 7.43. The smallest absolute Gasteiger partial charge is 0.398 e. The molecule has 0 saturated carbocycles. The molecule has 3 nitrogen and oxygen atoms in total. The minimum absolute atomic E-state index is 0.172. The highest BCUT2D eigenvalue weighted by molar-refractivity contribution is 6.06. The summed E-state index contributed by atoms with van der Waals surface area (Å²) in [5, 5.41) is 6.86.